The molecule has 6 nitrogen and oxygen atoms in total. The van der Waals surface area contributed by atoms with Crippen LogP contribution in [0.3, 0.4) is 0 Å². The molecule has 0 aliphatic rings. The molecule has 0 amide bonds. The normalized spacial score (nSPS) is 11.5. The molecule has 0 aliphatic heterocycles. The molecule has 0 saturated carbocycles. The lowest BCUT2D eigenvalue weighted by Gasteiger charge is -2.11. The molecule has 0 aliphatic carbocycles. The Bertz CT molecular complexity index is 965. The van der Waals surface area contributed by atoms with Crippen LogP contribution in [0.15, 0.2) is 64.4 Å². The van der Waals surface area contributed by atoms with Crippen molar-refractivity contribution in [2.45, 2.75) is 25.3 Å². The summed E-state index contributed by atoms with van der Waals surface area (Å²) in [7, 11) is -3.61. The summed E-state index contributed by atoms with van der Waals surface area (Å²) in [5.74, 6) is 0.686. The highest BCUT2D eigenvalue weighted by Crippen LogP contribution is 2.22. The molecule has 3 aromatic rings. The second-order valence-corrected chi connectivity index (χ2v) is 7.52. The van der Waals surface area contributed by atoms with Gasteiger partial charge in [-0.1, -0.05) is 6.07 Å². The molecule has 3 rings (SSSR count). The number of hydrogen-bond donors (Lipinski definition) is 1. The van der Waals surface area contributed by atoms with Crippen LogP contribution in [0, 0.1) is 6.92 Å². The Morgan fingerprint density at radius 2 is 2.04 bits per heavy atom. The lowest BCUT2D eigenvalue weighted by atomic mass is 10.2. The van der Waals surface area contributed by atoms with Gasteiger partial charge in [0.05, 0.1) is 29.7 Å². The zero-order valence-corrected chi connectivity index (χ0v) is 15.4. The summed E-state index contributed by atoms with van der Waals surface area (Å²) in [6, 6.07) is 10.3. The quantitative estimate of drug-likeness (QED) is 0.686. The second-order valence-electron chi connectivity index (χ2n) is 5.75. The summed E-state index contributed by atoms with van der Waals surface area (Å²) in [6.45, 7) is 4.40. The van der Waals surface area contributed by atoms with Crippen molar-refractivity contribution in [3.8, 4) is 17.0 Å². The van der Waals surface area contributed by atoms with Gasteiger partial charge in [-0.2, -0.15) is 0 Å². The summed E-state index contributed by atoms with van der Waals surface area (Å²) in [6.07, 6.45) is 4.84. The highest BCUT2D eigenvalue weighted by Gasteiger charge is 2.15. The minimum Gasteiger partial charge on any atom is -0.494 e. The molecule has 2 heterocycles. The Morgan fingerprint density at radius 1 is 1.19 bits per heavy atom. The van der Waals surface area contributed by atoms with Crippen LogP contribution < -0.4 is 9.46 Å². The Balaban J connectivity index is 1.69. The standard InChI is InChI=1S/C19H20N2O4S/c1-3-25-19-7-5-17(10-14(19)2)26(22,23)21-12-15-4-6-18(20-11-15)16-8-9-24-13-16/h4-11,13,21H,3,12H2,1-2H3. The number of aryl methyl sites for hydroxylation is 1. The number of nitrogens with zero attached hydrogens (tertiary/aromatic N) is 1. The average molecular weight is 372 g/mol. The van der Waals surface area contributed by atoms with E-state index < -0.39 is 10.0 Å². The SMILES string of the molecule is CCOc1ccc(S(=O)(=O)NCc2ccc(-c3ccoc3)nc2)cc1C. The number of sulfonamides is 1. The van der Waals surface area contributed by atoms with Gasteiger partial charge in [-0.15, -0.1) is 0 Å². The fourth-order valence-corrected chi connectivity index (χ4v) is 3.58. The highest BCUT2D eigenvalue weighted by molar-refractivity contribution is 7.89. The van der Waals surface area contributed by atoms with Crippen LogP contribution in [-0.2, 0) is 16.6 Å². The first kappa shape index (κ1) is 18.2. The van der Waals surface area contributed by atoms with Crippen molar-refractivity contribution >= 4 is 10.0 Å². The number of ether oxygens (including phenoxy) is 1. The molecule has 136 valence electrons. The van der Waals surface area contributed by atoms with E-state index in [0.29, 0.717) is 12.4 Å². The summed E-state index contributed by atoms with van der Waals surface area (Å²) in [5.41, 5.74) is 3.19. The van der Waals surface area contributed by atoms with E-state index in [0.717, 1.165) is 22.4 Å². The number of hydrogen-bond acceptors (Lipinski definition) is 5. The van der Waals surface area contributed by atoms with Crippen LogP contribution >= 0.6 is 0 Å². The van der Waals surface area contributed by atoms with Crippen LogP contribution in [0.4, 0.5) is 0 Å². The summed E-state index contributed by atoms with van der Waals surface area (Å²) < 4.78 is 38.1. The van der Waals surface area contributed by atoms with Gasteiger partial charge in [-0.05, 0) is 55.3 Å². The molecular weight excluding hydrogens is 352 g/mol. The van der Waals surface area contributed by atoms with E-state index in [2.05, 4.69) is 9.71 Å². The van der Waals surface area contributed by atoms with Crippen molar-refractivity contribution in [2.24, 2.45) is 0 Å². The van der Waals surface area contributed by atoms with Gasteiger partial charge >= 0.3 is 0 Å². The van der Waals surface area contributed by atoms with E-state index in [1.807, 2.05) is 32.0 Å². The number of nitrogens with one attached hydrogen (secondary N) is 1. The molecule has 0 atom stereocenters. The number of rotatable bonds is 7. The maximum Gasteiger partial charge on any atom is 0.240 e. The van der Waals surface area contributed by atoms with Gasteiger partial charge in [-0.25, -0.2) is 13.1 Å². The molecule has 1 aromatic carbocycles. The van der Waals surface area contributed by atoms with Gasteiger partial charge in [0.15, 0.2) is 0 Å². The lowest BCUT2D eigenvalue weighted by molar-refractivity contribution is 0.337. The molecule has 7 heteroatoms. The third-order valence-corrected chi connectivity index (χ3v) is 5.26. The van der Waals surface area contributed by atoms with Gasteiger partial charge < -0.3 is 9.15 Å². The van der Waals surface area contributed by atoms with Gasteiger partial charge in [-0.3, -0.25) is 4.98 Å². The van der Waals surface area contributed by atoms with Crippen molar-refractivity contribution in [3.63, 3.8) is 0 Å². The maximum atomic E-state index is 12.5. The Kier molecular flexibility index (Phi) is 5.39. The van der Waals surface area contributed by atoms with Gasteiger partial charge in [0.1, 0.15) is 5.75 Å². The van der Waals surface area contributed by atoms with Crippen LogP contribution in [0.1, 0.15) is 18.1 Å². The monoisotopic (exact) mass is 372 g/mol. The number of furan rings is 1. The fraction of sp³-hybridized carbons (Fsp3) is 0.211. The smallest absolute Gasteiger partial charge is 0.240 e. The van der Waals surface area contributed by atoms with Crippen molar-refractivity contribution < 1.29 is 17.6 Å². The zero-order valence-electron chi connectivity index (χ0n) is 14.6. The largest absolute Gasteiger partial charge is 0.494 e. The fourth-order valence-electron chi connectivity index (χ4n) is 2.48. The molecule has 0 fully saturated rings. The molecule has 0 bridgehead atoms. The third kappa shape index (κ3) is 4.12. The Morgan fingerprint density at radius 3 is 2.65 bits per heavy atom. The maximum absolute atomic E-state index is 12.5. The first-order valence-electron chi connectivity index (χ1n) is 8.20. The molecule has 2 aromatic heterocycles. The van der Waals surface area contributed by atoms with E-state index in [1.54, 1.807) is 36.9 Å². The number of pyridine rings is 1. The van der Waals surface area contributed by atoms with Crippen LogP contribution in [0.5, 0.6) is 5.75 Å². The summed E-state index contributed by atoms with van der Waals surface area (Å²) in [5, 5.41) is 0. The Hall–Kier alpha value is -2.64. The molecule has 0 radical (unpaired) electrons. The van der Waals surface area contributed by atoms with E-state index in [1.165, 1.54) is 0 Å². The van der Waals surface area contributed by atoms with Crippen LogP contribution in [0.2, 0.25) is 0 Å². The van der Waals surface area contributed by atoms with Crippen molar-refractivity contribution in [1.29, 1.82) is 0 Å². The highest BCUT2D eigenvalue weighted by atomic mass is 32.2. The minimum atomic E-state index is -3.61. The number of aromatic nitrogens is 1. The molecule has 26 heavy (non-hydrogen) atoms. The summed E-state index contributed by atoms with van der Waals surface area (Å²) >= 11 is 0. The van der Waals surface area contributed by atoms with Crippen LogP contribution in [-0.4, -0.2) is 20.0 Å². The predicted octanol–water partition coefficient (Wildman–Crippen LogP) is 3.53. The van der Waals surface area contributed by atoms with Gasteiger partial charge in [0, 0.05) is 18.3 Å². The van der Waals surface area contributed by atoms with Crippen LogP contribution in [0.25, 0.3) is 11.3 Å². The zero-order chi connectivity index (χ0) is 18.6. The molecule has 1 N–H and O–H groups in total. The second kappa shape index (κ2) is 7.72. The summed E-state index contributed by atoms with van der Waals surface area (Å²) in [4.78, 5) is 4.54. The molecule has 0 spiro atoms. The molecule has 0 saturated heterocycles. The topological polar surface area (TPSA) is 81.4 Å². The Labute approximate surface area is 152 Å². The van der Waals surface area contributed by atoms with Crippen molar-refractivity contribution in [2.75, 3.05) is 6.61 Å². The predicted molar refractivity (Wildman–Crippen MR) is 98.3 cm³/mol. The van der Waals surface area contributed by atoms with E-state index in [-0.39, 0.29) is 11.4 Å². The van der Waals surface area contributed by atoms with E-state index in [4.69, 9.17) is 9.15 Å². The lowest BCUT2D eigenvalue weighted by Crippen LogP contribution is -2.23. The number of benzene rings is 1. The van der Waals surface area contributed by atoms with Crippen molar-refractivity contribution in [1.82, 2.24) is 9.71 Å². The first-order valence-corrected chi connectivity index (χ1v) is 9.68. The third-order valence-electron chi connectivity index (χ3n) is 3.86. The van der Waals surface area contributed by atoms with E-state index >= 15 is 0 Å². The van der Waals surface area contributed by atoms with Gasteiger partial charge in [0.25, 0.3) is 0 Å². The van der Waals surface area contributed by atoms with E-state index in [9.17, 15) is 8.42 Å². The minimum absolute atomic E-state index is 0.160. The van der Waals surface area contributed by atoms with Crippen molar-refractivity contribution in [3.05, 3.63) is 66.2 Å². The first-order chi connectivity index (χ1) is 12.5. The molecular formula is C19H20N2O4S. The molecule has 0 unspecified atom stereocenters. The average Bonchev–Trinajstić information content (AvgIpc) is 3.17. The van der Waals surface area contributed by atoms with Gasteiger partial charge in [0.2, 0.25) is 10.0 Å².